The fraction of sp³-hybridized carbons (Fsp3) is 0.214. The van der Waals surface area contributed by atoms with Gasteiger partial charge in [-0.25, -0.2) is 0 Å². The molecule has 1 unspecified atom stereocenters. The lowest BCUT2D eigenvalue weighted by Gasteiger charge is -2.13. The number of methoxy groups -OCH3 is 1. The number of fused-ring (bicyclic) bond motifs is 1. The molecule has 0 saturated carbocycles. The number of hydrogen-bond donors (Lipinski definition) is 1. The lowest BCUT2D eigenvalue weighted by atomic mass is 10.0. The predicted molar refractivity (Wildman–Crippen MR) is 77.6 cm³/mol. The van der Waals surface area contributed by atoms with Crippen molar-refractivity contribution in [2.24, 2.45) is 12.8 Å². The van der Waals surface area contributed by atoms with Crippen molar-refractivity contribution >= 4 is 21.4 Å². The summed E-state index contributed by atoms with van der Waals surface area (Å²) in [4.78, 5) is 0. The van der Waals surface area contributed by atoms with Gasteiger partial charge in [0.25, 0.3) is 0 Å². The number of aromatic nitrogens is 2. The number of aryl methyl sites for hydroxylation is 1. The molecule has 4 nitrogen and oxygen atoms in total. The molecule has 1 atom stereocenters. The minimum absolute atomic E-state index is 0.237. The predicted octanol–water partition coefficient (Wildman–Crippen LogP) is 2.69. The molecule has 0 radical (unpaired) electrons. The first-order chi connectivity index (χ1) is 9.22. The Morgan fingerprint density at radius 2 is 2.16 bits per heavy atom. The molecule has 98 valence electrons. The van der Waals surface area contributed by atoms with Crippen molar-refractivity contribution < 1.29 is 4.74 Å². The first-order valence-electron chi connectivity index (χ1n) is 6.00. The Morgan fingerprint density at radius 3 is 2.95 bits per heavy atom. The van der Waals surface area contributed by atoms with Crippen LogP contribution in [0.3, 0.4) is 0 Å². The molecular weight excluding hydrogens is 258 g/mol. The molecule has 5 heteroatoms. The Labute approximate surface area is 115 Å². The molecule has 0 aliphatic heterocycles. The van der Waals surface area contributed by atoms with Crippen molar-refractivity contribution in [3.05, 3.63) is 47.1 Å². The minimum atomic E-state index is -0.237. The maximum atomic E-state index is 6.41. The number of ether oxygens (including phenoxy) is 1. The lowest BCUT2D eigenvalue weighted by molar-refractivity contribution is 0.406. The van der Waals surface area contributed by atoms with E-state index in [-0.39, 0.29) is 6.04 Å². The monoisotopic (exact) mass is 273 g/mol. The maximum absolute atomic E-state index is 6.41. The van der Waals surface area contributed by atoms with Gasteiger partial charge in [-0.1, -0.05) is 18.2 Å². The van der Waals surface area contributed by atoms with Crippen molar-refractivity contribution in [2.75, 3.05) is 7.11 Å². The average molecular weight is 273 g/mol. The van der Waals surface area contributed by atoms with Crippen molar-refractivity contribution in [1.29, 1.82) is 0 Å². The van der Waals surface area contributed by atoms with Gasteiger partial charge in [-0.2, -0.15) is 5.10 Å². The van der Waals surface area contributed by atoms with Crippen LogP contribution in [-0.4, -0.2) is 16.9 Å². The van der Waals surface area contributed by atoms with Crippen molar-refractivity contribution in [3.8, 4) is 5.75 Å². The quantitative estimate of drug-likeness (QED) is 0.798. The van der Waals surface area contributed by atoms with E-state index >= 15 is 0 Å². The van der Waals surface area contributed by atoms with E-state index in [0.717, 1.165) is 17.0 Å². The van der Waals surface area contributed by atoms with Gasteiger partial charge in [0.05, 0.1) is 19.3 Å². The zero-order valence-electron chi connectivity index (χ0n) is 10.8. The molecule has 1 aromatic carbocycles. The Morgan fingerprint density at radius 1 is 1.37 bits per heavy atom. The van der Waals surface area contributed by atoms with E-state index in [0.29, 0.717) is 0 Å². The Bertz CT molecular complexity index is 716. The second-order valence-corrected chi connectivity index (χ2v) is 5.30. The first kappa shape index (κ1) is 12.2. The molecule has 19 heavy (non-hydrogen) atoms. The van der Waals surface area contributed by atoms with Crippen LogP contribution in [0, 0.1) is 0 Å². The summed E-state index contributed by atoms with van der Waals surface area (Å²) in [6.07, 6.45) is 1.70. The number of thiophene rings is 1. The van der Waals surface area contributed by atoms with E-state index in [4.69, 9.17) is 10.5 Å². The first-order valence-corrected chi connectivity index (χ1v) is 6.88. The zero-order chi connectivity index (χ0) is 13.4. The third kappa shape index (κ3) is 1.91. The van der Waals surface area contributed by atoms with Gasteiger partial charge >= 0.3 is 0 Å². The smallest absolute Gasteiger partial charge is 0.161 e. The van der Waals surface area contributed by atoms with Crippen molar-refractivity contribution in [1.82, 2.24) is 9.78 Å². The lowest BCUT2D eigenvalue weighted by Crippen LogP contribution is -2.16. The summed E-state index contributed by atoms with van der Waals surface area (Å²) in [5.41, 5.74) is 8.42. The van der Waals surface area contributed by atoms with Crippen LogP contribution in [0.1, 0.15) is 17.3 Å². The molecule has 2 heterocycles. The molecule has 3 rings (SSSR count). The Kier molecular flexibility index (Phi) is 3.00. The van der Waals surface area contributed by atoms with Gasteiger partial charge in [0.2, 0.25) is 0 Å². The highest BCUT2D eigenvalue weighted by atomic mass is 32.1. The van der Waals surface area contributed by atoms with E-state index in [1.54, 1.807) is 29.3 Å². The van der Waals surface area contributed by atoms with Crippen LogP contribution in [0.25, 0.3) is 10.1 Å². The molecule has 2 N–H and O–H groups in total. The van der Waals surface area contributed by atoms with E-state index in [9.17, 15) is 0 Å². The summed E-state index contributed by atoms with van der Waals surface area (Å²) < 4.78 is 8.36. The number of benzene rings is 1. The summed E-state index contributed by atoms with van der Waals surface area (Å²) in [5, 5.41) is 7.52. The van der Waals surface area contributed by atoms with E-state index < -0.39 is 0 Å². The van der Waals surface area contributed by atoms with Gasteiger partial charge in [-0.15, -0.1) is 11.3 Å². The van der Waals surface area contributed by atoms with Crippen molar-refractivity contribution in [3.63, 3.8) is 0 Å². The fourth-order valence-electron chi connectivity index (χ4n) is 2.33. The van der Waals surface area contributed by atoms with Crippen LogP contribution in [0.15, 0.2) is 35.8 Å². The van der Waals surface area contributed by atoms with Crippen LogP contribution in [0.2, 0.25) is 0 Å². The second kappa shape index (κ2) is 4.68. The molecule has 0 saturated heterocycles. The largest absolute Gasteiger partial charge is 0.493 e. The fourth-order valence-corrected chi connectivity index (χ4v) is 3.32. The molecular formula is C14H15N3OS. The van der Waals surface area contributed by atoms with Gasteiger partial charge in [-0.3, -0.25) is 4.68 Å². The van der Waals surface area contributed by atoms with Gasteiger partial charge in [0, 0.05) is 11.7 Å². The molecule has 0 amide bonds. The van der Waals surface area contributed by atoms with Crippen LogP contribution in [0.5, 0.6) is 5.75 Å². The molecule has 0 aliphatic rings. The third-order valence-corrected chi connectivity index (χ3v) is 4.29. The van der Waals surface area contributed by atoms with Gasteiger partial charge in [0.15, 0.2) is 5.75 Å². The highest BCUT2D eigenvalue weighted by molar-refractivity contribution is 7.17. The van der Waals surface area contributed by atoms with Gasteiger partial charge in [0.1, 0.15) is 5.69 Å². The van der Waals surface area contributed by atoms with E-state index in [1.165, 1.54) is 10.1 Å². The normalized spacial score (nSPS) is 12.8. The average Bonchev–Trinajstić information content (AvgIpc) is 3.01. The van der Waals surface area contributed by atoms with Gasteiger partial charge in [-0.05, 0) is 22.4 Å². The highest BCUT2D eigenvalue weighted by Gasteiger charge is 2.21. The minimum Gasteiger partial charge on any atom is -0.493 e. The summed E-state index contributed by atoms with van der Waals surface area (Å²) in [5.74, 6) is 0.727. The standard InChI is InChI=1S/C14H15N3OS/c1-17-14(11(18-2)7-16-17)13(15)10-8-19-12-6-4-3-5-9(10)12/h3-8,13H,15H2,1-2H3. The molecule has 3 aromatic rings. The molecule has 2 aromatic heterocycles. The number of rotatable bonds is 3. The van der Waals surface area contributed by atoms with E-state index in [1.807, 2.05) is 19.2 Å². The zero-order valence-corrected chi connectivity index (χ0v) is 11.6. The van der Waals surface area contributed by atoms with Gasteiger partial charge < -0.3 is 10.5 Å². The second-order valence-electron chi connectivity index (χ2n) is 4.39. The molecule has 0 fully saturated rings. The SMILES string of the molecule is COc1cnn(C)c1C(N)c1csc2ccccc12. The number of nitrogens with zero attached hydrogens (tertiary/aromatic N) is 2. The summed E-state index contributed by atoms with van der Waals surface area (Å²) in [6.45, 7) is 0. The summed E-state index contributed by atoms with van der Waals surface area (Å²) in [7, 11) is 3.52. The molecule has 0 bridgehead atoms. The highest BCUT2D eigenvalue weighted by Crippen LogP contribution is 2.34. The summed E-state index contributed by atoms with van der Waals surface area (Å²) in [6, 6.07) is 8.05. The topological polar surface area (TPSA) is 53.1 Å². The molecule has 0 aliphatic carbocycles. The Hall–Kier alpha value is -1.85. The molecule has 0 spiro atoms. The van der Waals surface area contributed by atoms with Crippen molar-refractivity contribution in [2.45, 2.75) is 6.04 Å². The van der Waals surface area contributed by atoms with Crippen LogP contribution in [0.4, 0.5) is 0 Å². The maximum Gasteiger partial charge on any atom is 0.161 e. The van der Waals surface area contributed by atoms with Crippen LogP contribution >= 0.6 is 11.3 Å². The third-order valence-electron chi connectivity index (χ3n) is 3.31. The van der Waals surface area contributed by atoms with E-state index in [2.05, 4.69) is 22.6 Å². The number of nitrogens with two attached hydrogens (primary N) is 1. The van der Waals surface area contributed by atoms with Crippen LogP contribution < -0.4 is 10.5 Å². The van der Waals surface area contributed by atoms with Crippen LogP contribution in [-0.2, 0) is 7.05 Å². The Balaban J connectivity index is 2.13. The number of hydrogen-bond acceptors (Lipinski definition) is 4. The summed E-state index contributed by atoms with van der Waals surface area (Å²) >= 11 is 1.71.